The summed E-state index contributed by atoms with van der Waals surface area (Å²) >= 11 is 5.76. The van der Waals surface area contributed by atoms with E-state index in [1.54, 1.807) is 0 Å². The van der Waals surface area contributed by atoms with Crippen molar-refractivity contribution in [3.05, 3.63) is 28.8 Å². The van der Waals surface area contributed by atoms with E-state index in [2.05, 4.69) is 10.3 Å². The second-order valence-corrected chi connectivity index (χ2v) is 5.23. The molecular formula is C13H16ClFN2O2. The average molecular weight is 287 g/mol. The van der Waals surface area contributed by atoms with Gasteiger partial charge in [-0.1, -0.05) is 11.6 Å². The van der Waals surface area contributed by atoms with Gasteiger partial charge in [0.05, 0.1) is 17.9 Å². The van der Waals surface area contributed by atoms with Crippen LogP contribution >= 0.6 is 11.6 Å². The number of aliphatic hydroxyl groups is 1. The van der Waals surface area contributed by atoms with Crippen LogP contribution in [0.25, 0.3) is 0 Å². The molecule has 2 rings (SSSR count). The Kier molecular flexibility index (Phi) is 4.71. The maximum absolute atomic E-state index is 13.0. The molecular weight excluding hydrogens is 271 g/mol. The quantitative estimate of drug-likeness (QED) is 0.837. The molecule has 1 amide bonds. The molecule has 0 aromatic carbocycles. The molecule has 1 aliphatic carbocycles. The van der Waals surface area contributed by atoms with Crippen molar-refractivity contribution in [1.29, 1.82) is 0 Å². The summed E-state index contributed by atoms with van der Waals surface area (Å²) in [5.41, 5.74) is 0.0533. The topological polar surface area (TPSA) is 62.2 Å². The van der Waals surface area contributed by atoms with Crippen LogP contribution < -0.4 is 5.32 Å². The number of aliphatic hydroxyl groups excluding tert-OH is 1. The van der Waals surface area contributed by atoms with Gasteiger partial charge in [0, 0.05) is 6.54 Å². The minimum Gasteiger partial charge on any atom is -0.393 e. The normalized spacial score (nSPS) is 23.1. The molecule has 2 N–H and O–H groups in total. The number of amides is 1. The summed E-state index contributed by atoms with van der Waals surface area (Å²) in [7, 11) is 0. The minimum absolute atomic E-state index is 0.00188. The second kappa shape index (κ2) is 6.30. The number of nitrogens with one attached hydrogen (secondary N) is 1. The van der Waals surface area contributed by atoms with E-state index in [1.165, 1.54) is 0 Å². The van der Waals surface area contributed by atoms with E-state index < -0.39 is 11.7 Å². The van der Waals surface area contributed by atoms with E-state index in [-0.39, 0.29) is 16.8 Å². The van der Waals surface area contributed by atoms with Gasteiger partial charge in [0.25, 0.3) is 5.91 Å². The van der Waals surface area contributed by atoms with Gasteiger partial charge in [-0.3, -0.25) is 4.79 Å². The Labute approximate surface area is 116 Å². The number of carbonyl (C=O) groups is 1. The third-order valence-corrected chi connectivity index (χ3v) is 3.72. The molecule has 19 heavy (non-hydrogen) atoms. The molecule has 0 bridgehead atoms. The largest absolute Gasteiger partial charge is 0.393 e. The molecule has 0 aliphatic heterocycles. The van der Waals surface area contributed by atoms with Crippen molar-refractivity contribution in [2.75, 3.05) is 6.54 Å². The number of aromatic nitrogens is 1. The molecule has 1 saturated carbocycles. The first-order valence-corrected chi connectivity index (χ1v) is 6.71. The molecule has 0 spiro atoms. The molecule has 0 saturated heterocycles. The summed E-state index contributed by atoms with van der Waals surface area (Å²) in [5.74, 6) is -0.647. The van der Waals surface area contributed by atoms with Crippen LogP contribution in [0.15, 0.2) is 12.3 Å². The van der Waals surface area contributed by atoms with Crippen LogP contribution in [0.3, 0.4) is 0 Å². The predicted octanol–water partition coefficient (Wildman–Crippen LogP) is 2.16. The molecule has 1 aromatic heterocycles. The summed E-state index contributed by atoms with van der Waals surface area (Å²) in [6, 6.07) is 1.08. The highest BCUT2D eigenvalue weighted by Crippen LogP contribution is 2.23. The summed E-state index contributed by atoms with van der Waals surface area (Å²) in [6.07, 6.45) is 4.06. The Morgan fingerprint density at radius 3 is 2.84 bits per heavy atom. The predicted molar refractivity (Wildman–Crippen MR) is 69.5 cm³/mol. The van der Waals surface area contributed by atoms with Crippen LogP contribution in [-0.2, 0) is 0 Å². The number of nitrogens with zero attached hydrogens (tertiary/aromatic N) is 1. The van der Waals surface area contributed by atoms with Crippen molar-refractivity contribution < 1.29 is 14.3 Å². The molecule has 4 nitrogen and oxygen atoms in total. The number of rotatable bonds is 3. The van der Waals surface area contributed by atoms with Crippen LogP contribution in [0, 0.1) is 11.7 Å². The van der Waals surface area contributed by atoms with Gasteiger partial charge in [0.1, 0.15) is 11.0 Å². The highest BCUT2D eigenvalue weighted by Gasteiger charge is 2.20. The Hall–Kier alpha value is -1.20. The van der Waals surface area contributed by atoms with Crippen molar-refractivity contribution in [2.24, 2.45) is 5.92 Å². The van der Waals surface area contributed by atoms with E-state index in [0.29, 0.717) is 12.5 Å². The van der Waals surface area contributed by atoms with Crippen molar-refractivity contribution in [3.8, 4) is 0 Å². The zero-order valence-electron chi connectivity index (χ0n) is 10.4. The van der Waals surface area contributed by atoms with Crippen molar-refractivity contribution >= 4 is 17.5 Å². The van der Waals surface area contributed by atoms with Gasteiger partial charge in [0.2, 0.25) is 0 Å². The van der Waals surface area contributed by atoms with Crippen LogP contribution in [0.2, 0.25) is 5.15 Å². The molecule has 6 heteroatoms. The van der Waals surface area contributed by atoms with Crippen LogP contribution in [0.5, 0.6) is 0 Å². The van der Waals surface area contributed by atoms with Gasteiger partial charge in [-0.15, -0.1) is 0 Å². The van der Waals surface area contributed by atoms with Crippen LogP contribution in [-0.4, -0.2) is 28.6 Å². The fraction of sp³-hybridized carbons (Fsp3) is 0.538. The molecule has 1 aliphatic rings. The SMILES string of the molecule is O=C(NCC1CCC(O)CC1)c1cc(F)cnc1Cl. The van der Waals surface area contributed by atoms with E-state index in [4.69, 9.17) is 11.6 Å². The van der Waals surface area contributed by atoms with Gasteiger partial charge in [-0.2, -0.15) is 0 Å². The lowest BCUT2D eigenvalue weighted by Gasteiger charge is -2.25. The Bertz CT molecular complexity index is 462. The number of pyridine rings is 1. The molecule has 0 radical (unpaired) electrons. The van der Waals surface area contributed by atoms with E-state index in [9.17, 15) is 14.3 Å². The lowest BCUT2D eigenvalue weighted by Crippen LogP contribution is -2.32. The van der Waals surface area contributed by atoms with Gasteiger partial charge < -0.3 is 10.4 Å². The van der Waals surface area contributed by atoms with Crippen molar-refractivity contribution in [2.45, 2.75) is 31.8 Å². The number of halogens is 2. The minimum atomic E-state index is -0.588. The molecule has 104 valence electrons. The molecule has 1 aromatic rings. The molecule has 0 unspecified atom stereocenters. The summed E-state index contributed by atoms with van der Waals surface area (Å²) in [6.45, 7) is 0.512. The Balaban J connectivity index is 1.89. The first kappa shape index (κ1) is 14.2. The summed E-state index contributed by atoms with van der Waals surface area (Å²) < 4.78 is 13.0. The fourth-order valence-corrected chi connectivity index (χ4v) is 2.45. The monoisotopic (exact) mass is 286 g/mol. The van der Waals surface area contributed by atoms with Crippen molar-refractivity contribution in [3.63, 3.8) is 0 Å². The highest BCUT2D eigenvalue weighted by molar-refractivity contribution is 6.32. The number of hydrogen-bond acceptors (Lipinski definition) is 3. The number of carbonyl (C=O) groups excluding carboxylic acids is 1. The zero-order chi connectivity index (χ0) is 13.8. The third kappa shape index (κ3) is 3.88. The summed E-state index contributed by atoms with van der Waals surface area (Å²) in [4.78, 5) is 15.5. The third-order valence-electron chi connectivity index (χ3n) is 3.42. The smallest absolute Gasteiger partial charge is 0.254 e. The van der Waals surface area contributed by atoms with Crippen LogP contribution in [0.4, 0.5) is 4.39 Å². The maximum Gasteiger partial charge on any atom is 0.254 e. The maximum atomic E-state index is 13.0. The van der Waals surface area contributed by atoms with Gasteiger partial charge in [-0.05, 0) is 37.7 Å². The van der Waals surface area contributed by atoms with Crippen molar-refractivity contribution in [1.82, 2.24) is 10.3 Å². The van der Waals surface area contributed by atoms with Gasteiger partial charge >= 0.3 is 0 Å². The van der Waals surface area contributed by atoms with Gasteiger partial charge in [-0.25, -0.2) is 9.37 Å². The molecule has 0 atom stereocenters. The lowest BCUT2D eigenvalue weighted by molar-refractivity contribution is 0.0909. The van der Waals surface area contributed by atoms with E-state index in [1.807, 2.05) is 0 Å². The second-order valence-electron chi connectivity index (χ2n) is 4.88. The fourth-order valence-electron chi connectivity index (χ4n) is 2.26. The van der Waals surface area contributed by atoms with Crippen LogP contribution in [0.1, 0.15) is 36.0 Å². The van der Waals surface area contributed by atoms with E-state index in [0.717, 1.165) is 37.9 Å². The first-order valence-electron chi connectivity index (χ1n) is 6.33. The Morgan fingerprint density at radius 1 is 1.47 bits per heavy atom. The van der Waals surface area contributed by atoms with Gasteiger partial charge in [0.15, 0.2) is 0 Å². The molecule has 1 fully saturated rings. The lowest BCUT2D eigenvalue weighted by atomic mass is 9.87. The zero-order valence-corrected chi connectivity index (χ0v) is 11.2. The standard InChI is InChI=1S/C13H16ClFN2O2/c14-12-11(5-9(15)7-16-12)13(19)17-6-8-1-3-10(18)4-2-8/h5,7-8,10,18H,1-4,6H2,(H,17,19). The number of hydrogen-bond donors (Lipinski definition) is 2. The molecule has 1 heterocycles. The highest BCUT2D eigenvalue weighted by atomic mass is 35.5. The van der Waals surface area contributed by atoms with E-state index >= 15 is 0 Å². The Morgan fingerprint density at radius 2 is 2.16 bits per heavy atom. The summed E-state index contributed by atoms with van der Waals surface area (Å²) in [5, 5.41) is 12.1. The first-order chi connectivity index (χ1) is 9.06. The average Bonchev–Trinajstić information content (AvgIpc) is 2.40.